The van der Waals surface area contributed by atoms with Gasteiger partial charge in [-0.2, -0.15) is 0 Å². The number of hydrogen-bond acceptors (Lipinski definition) is 4. The molecule has 5 rings (SSSR count). The molecule has 0 radical (unpaired) electrons. The Morgan fingerprint density at radius 1 is 1.09 bits per heavy atom. The van der Waals surface area contributed by atoms with Crippen molar-refractivity contribution in [1.82, 2.24) is 9.55 Å². The van der Waals surface area contributed by atoms with E-state index in [0.29, 0.717) is 16.9 Å². The highest BCUT2D eigenvalue weighted by Crippen LogP contribution is 2.42. The number of fused-ring (bicyclic) bond motifs is 2. The lowest BCUT2D eigenvalue weighted by Crippen LogP contribution is -2.24. The van der Waals surface area contributed by atoms with Crippen LogP contribution >= 0.6 is 11.3 Å². The molecule has 2 heterocycles. The largest absolute Gasteiger partial charge is 0.386 e. The maximum atomic E-state index is 13.4. The lowest BCUT2D eigenvalue weighted by Gasteiger charge is -2.29. The van der Waals surface area contributed by atoms with Gasteiger partial charge in [0.1, 0.15) is 0 Å². The molecular weight excluding hydrogens is 428 g/mol. The Bertz CT molecular complexity index is 1370. The number of pyridine rings is 1. The van der Waals surface area contributed by atoms with Crippen molar-refractivity contribution in [2.45, 2.75) is 64.9 Å². The Labute approximate surface area is 198 Å². The molecule has 1 saturated carbocycles. The zero-order valence-corrected chi connectivity index (χ0v) is 20.7. The van der Waals surface area contributed by atoms with E-state index in [-0.39, 0.29) is 5.56 Å². The Hall–Kier alpha value is -2.50. The summed E-state index contributed by atoms with van der Waals surface area (Å²) >= 11 is 1.74. The summed E-state index contributed by atoms with van der Waals surface area (Å²) < 4.78 is 2.74. The average molecular weight is 461 g/mol. The van der Waals surface area contributed by atoms with E-state index in [4.69, 9.17) is 4.98 Å². The molecule has 0 atom stereocenters. The highest BCUT2D eigenvalue weighted by atomic mass is 32.1. The van der Waals surface area contributed by atoms with Crippen LogP contribution < -0.4 is 5.56 Å². The van der Waals surface area contributed by atoms with Gasteiger partial charge >= 0.3 is 0 Å². The van der Waals surface area contributed by atoms with Gasteiger partial charge in [0.2, 0.25) is 0 Å². The Morgan fingerprint density at radius 3 is 2.52 bits per heavy atom. The highest BCUT2D eigenvalue weighted by Gasteiger charge is 2.28. The number of rotatable bonds is 4. The minimum absolute atomic E-state index is 0.0744. The third-order valence-corrected chi connectivity index (χ3v) is 8.50. The second-order valence-corrected chi connectivity index (χ2v) is 11.4. The van der Waals surface area contributed by atoms with Gasteiger partial charge in [-0.3, -0.25) is 9.36 Å². The summed E-state index contributed by atoms with van der Waals surface area (Å²) in [6.45, 7) is 8.20. The van der Waals surface area contributed by atoms with Crippen molar-refractivity contribution in [2.75, 3.05) is 0 Å². The first kappa shape index (κ1) is 22.3. The number of benzene rings is 2. The predicted octanol–water partition coefficient (Wildman–Crippen LogP) is 6.76. The maximum absolute atomic E-state index is 13.4. The van der Waals surface area contributed by atoms with Crippen LogP contribution in [-0.2, 0) is 5.60 Å². The second-order valence-electron chi connectivity index (χ2n) is 10.4. The summed E-state index contributed by atoms with van der Waals surface area (Å²) in [5, 5.41) is 13.8. The van der Waals surface area contributed by atoms with Crippen molar-refractivity contribution < 1.29 is 5.11 Å². The van der Waals surface area contributed by atoms with Crippen molar-refractivity contribution >= 4 is 32.3 Å². The fraction of sp³-hybridized carbons (Fsp3) is 0.429. The van der Waals surface area contributed by atoms with Gasteiger partial charge in [0.15, 0.2) is 0 Å². The van der Waals surface area contributed by atoms with Gasteiger partial charge in [-0.25, -0.2) is 4.98 Å². The molecule has 1 aliphatic carbocycles. The zero-order chi connectivity index (χ0) is 23.3. The van der Waals surface area contributed by atoms with Gasteiger partial charge in [-0.1, -0.05) is 32.0 Å². The Balaban J connectivity index is 1.61. The van der Waals surface area contributed by atoms with Gasteiger partial charge < -0.3 is 5.11 Å². The van der Waals surface area contributed by atoms with Crippen LogP contribution in [0.3, 0.4) is 0 Å². The number of nitrogens with zero attached hydrogens (tertiary/aromatic N) is 2. The molecule has 33 heavy (non-hydrogen) atoms. The zero-order valence-electron chi connectivity index (χ0n) is 19.8. The minimum Gasteiger partial charge on any atom is -0.386 e. The fourth-order valence-corrected chi connectivity index (χ4v) is 6.41. The number of aromatic nitrogens is 2. The molecule has 1 fully saturated rings. The molecule has 5 heteroatoms. The van der Waals surface area contributed by atoms with Crippen molar-refractivity contribution in [3.05, 3.63) is 69.6 Å². The van der Waals surface area contributed by atoms with E-state index in [1.165, 1.54) is 30.7 Å². The number of hydrogen-bond donors (Lipinski definition) is 1. The van der Waals surface area contributed by atoms with E-state index in [9.17, 15) is 9.90 Å². The first-order valence-corrected chi connectivity index (χ1v) is 12.8. The normalized spacial score (nSPS) is 19.6. The highest BCUT2D eigenvalue weighted by molar-refractivity contribution is 7.18. The monoisotopic (exact) mass is 460 g/mol. The molecule has 0 saturated heterocycles. The van der Waals surface area contributed by atoms with Gasteiger partial charge in [0.25, 0.3) is 5.56 Å². The van der Waals surface area contributed by atoms with E-state index in [1.54, 1.807) is 29.8 Å². The molecule has 4 nitrogen and oxygen atoms in total. The molecule has 0 unspecified atom stereocenters. The molecule has 0 amide bonds. The van der Waals surface area contributed by atoms with E-state index in [0.717, 1.165) is 33.1 Å². The van der Waals surface area contributed by atoms with E-state index >= 15 is 0 Å². The van der Waals surface area contributed by atoms with Crippen LogP contribution in [0.4, 0.5) is 0 Å². The summed E-state index contributed by atoms with van der Waals surface area (Å²) in [5.41, 5.74) is 1.18. The molecule has 2 aromatic heterocycles. The first-order chi connectivity index (χ1) is 15.7. The standard InChI is InChI=1S/C28H32N2O2S/c1-17(2)18-9-11-20(12-10-18)26-29-23-15-22(28(3,4)32)24(16-25(23)33-26)30-14-13-19-7-5-6-8-21(19)27(30)31/h5-8,13-18,20,32H,9-12H2,1-4H3. The number of thiazole rings is 1. The summed E-state index contributed by atoms with van der Waals surface area (Å²) in [7, 11) is 0. The summed E-state index contributed by atoms with van der Waals surface area (Å²) in [6.07, 6.45) is 6.74. The predicted molar refractivity (Wildman–Crippen MR) is 138 cm³/mol. The van der Waals surface area contributed by atoms with Crippen LogP contribution in [0.15, 0.2) is 53.5 Å². The summed E-state index contributed by atoms with van der Waals surface area (Å²) in [6, 6.07) is 13.6. The van der Waals surface area contributed by atoms with E-state index in [1.807, 2.05) is 48.7 Å². The van der Waals surface area contributed by atoms with Crippen molar-refractivity contribution in [3.8, 4) is 5.69 Å². The first-order valence-electron chi connectivity index (χ1n) is 12.0. The molecular formula is C28H32N2O2S. The quantitative estimate of drug-likeness (QED) is 0.366. The molecule has 0 bridgehead atoms. The molecule has 0 spiro atoms. The van der Waals surface area contributed by atoms with Crippen LogP contribution in [0, 0.1) is 11.8 Å². The summed E-state index contributed by atoms with van der Waals surface area (Å²) in [4.78, 5) is 18.4. The van der Waals surface area contributed by atoms with Crippen LogP contribution in [0.2, 0.25) is 0 Å². The van der Waals surface area contributed by atoms with Crippen LogP contribution in [0.1, 0.15) is 69.9 Å². The Kier molecular flexibility index (Phi) is 5.66. The van der Waals surface area contributed by atoms with E-state index in [2.05, 4.69) is 13.8 Å². The molecule has 1 N–H and O–H groups in total. The fourth-order valence-electron chi connectivity index (χ4n) is 5.26. The minimum atomic E-state index is -1.10. The van der Waals surface area contributed by atoms with Crippen LogP contribution in [0.25, 0.3) is 26.7 Å². The van der Waals surface area contributed by atoms with Gasteiger partial charge in [0.05, 0.1) is 26.5 Å². The van der Waals surface area contributed by atoms with Crippen molar-refractivity contribution in [2.24, 2.45) is 11.8 Å². The van der Waals surface area contributed by atoms with Crippen molar-refractivity contribution in [3.63, 3.8) is 0 Å². The lowest BCUT2D eigenvalue weighted by atomic mass is 9.77. The average Bonchev–Trinajstić information content (AvgIpc) is 3.21. The molecule has 2 aromatic carbocycles. The lowest BCUT2D eigenvalue weighted by molar-refractivity contribution is 0.0786. The maximum Gasteiger partial charge on any atom is 0.262 e. The smallest absolute Gasteiger partial charge is 0.262 e. The van der Waals surface area contributed by atoms with Gasteiger partial charge in [-0.05, 0) is 81.0 Å². The third kappa shape index (κ3) is 4.13. The van der Waals surface area contributed by atoms with Crippen LogP contribution in [-0.4, -0.2) is 14.7 Å². The second kappa shape index (κ2) is 8.37. The topological polar surface area (TPSA) is 55.1 Å². The molecule has 4 aromatic rings. The molecule has 0 aliphatic heterocycles. The number of aliphatic hydroxyl groups is 1. The van der Waals surface area contributed by atoms with Crippen LogP contribution in [0.5, 0.6) is 0 Å². The van der Waals surface area contributed by atoms with Gasteiger partial charge in [-0.15, -0.1) is 11.3 Å². The summed E-state index contributed by atoms with van der Waals surface area (Å²) in [5.74, 6) is 2.08. The third-order valence-electron chi connectivity index (χ3n) is 7.32. The SMILES string of the molecule is CC(C)C1CCC(c2nc3cc(C(C)(C)O)c(-n4ccc5ccccc5c4=O)cc3s2)CC1. The molecule has 1 aliphatic rings. The Morgan fingerprint density at radius 2 is 1.82 bits per heavy atom. The van der Waals surface area contributed by atoms with E-state index < -0.39 is 5.60 Å². The van der Waals surface area contributed by atoms with Gasteiger partial charge in [0, 0.05) is 23.1 Å². The molecule has 172 valence electrons. The van der Waals surface area contributed by atoms with Crippen molar-refractivity contribution in [1.29, 1.82) is 0 Å².